The number of amides is 2. The first-order chi connectivity index (χ1) is 42.5. The molecule has 468 valence electrons. The van der Waals surface area contributed by atoms with Crippen LogP contribution in [0.15, 0.2) is 140 Å². The number of fused-ring (bicyclic) bond motifs is 1. The van der Waals surface area contributed by atoms with Gasteiger partial charge in [-0.25, -0.2) is 0 Å². The SMILES string of the molecule is COc1ccc(OC2OC(COCc3ccccc3)C(OC3OC(CO)C(OCc4ccccc4)C(OC4OC(COC(C)=O)C(OC(C)=O)C(OC(C)=O)C4OC(C)=O)C3OC(C)=O)C(OCc3ccccc3)C2N2C(=O)c3ccccc3C2=O)cc1. The van der Waals surface area contributed by atoms with Crippen LogP contribution in [0.4, 0.5) is 0 Å². The fourth-order valence-corrected chi connectivity index (χ4v) is 10.8. The van der Waals surface area contributed by atoms with Gasteiger partial charge in [0.1, 0.15) is 66.9 Å². The normalized spacial score (nSPS) is 27.5. The summed E-state index contributed by atoms with van der Waals surface area (Å²) in [4.78, 5) is 95.8. The number of hydrogen-bond acceptors (Lipinski definition) is 23. The zero-order chi connectivity index (χ0) is 62.4. The van der Waals surface area contributed by atoms with Crippen molar-refractivity contribution in [1.82, 2.24) is 4.90 Å². The van der Waals surface area contributed by atoms with E-state index >= 15 is 0 Å². The summed E-state index contributed by atoms with van der Waals surface area (Å²) < 4.78 is 95.1. The first kappa shape index (κ1) is 64.3. The number of carbonyl (C=O) groups excluding carboxylic acids is 7. The Labute approximate surface area is 506 Å². The molecule has 0 radical (unpaired) electrons. The van der Waals surface area contributed by atoms with Gasteiger partial charge in [-0.1, -0.05) is 103 Å². The number of nitrogens with zero attached hydrogens (tertiary/aromatic N) is 1. The van der Waals surface area contributed by atoms with Gasteiger partial charge in [0.05, 0.1) is 51.3 Å². The molecular formula is C64H69NO23. The summed E-state index contributed by atoms with van der Waals surface area (Å²) in [6.45, 7) is 3.31. The molecule has 3 saturated heterocycles. The van der Waals surface area contributed by atoms with Gasteiger partial charge in [-0.15, -0.1) is 0 Å². The van der Waals surface area contributed by atoms with Crippen LogP contribution in [0.5, 0.6) is 11.5 Å². The zero-order valence-corrected chi connectivity index (χ0v) is 49.1. The van der Waals surface area contributed by atoms with Crippen molar-refractivity contribution in [3.8, 4) is 11.5 Å². The van der Waals surface area contributed by atoms with Crippen molar-refractivity contribution in [3.05, 3.63) is 167 Å². The van der Waals surface area contributed by atoms with E-state index < -0.39 is 147 Å². The molecule has 15 atom stereocenters. The number of carbonyl (C=O) groups is 7. The number of rotatable bonds is 25. The van der Waals surface area contributed by atoms with Gasteiger partial charge < -0.3 is 76.2 Å². The van der Waals surface area contributed by atoms with E-state index in [0.717, 1.165) is 45.1 Å². The molecule has 0 aliphatic carbocycles. The monoisotopic (exact) mass is 1220 g/mol. The molecular weight excluding hydrogens is 1150 g/mol. The number of benzene rings is 5. The number of methoxy groups -OCH3 is 1. The van der Waals surface area contributed by atoms with Crippen molar-refractivity contribution >= 4 is 41.7 Å². The molecule has 5 aromatic rings. The summed E-state index contributed by atoms with van der Waals surface area (Å²) in [6, 6.07) is 38.4. The Hall–Kier alpha value is -8.17. The molecule has 24 heteroatoms. The van der Waals surface area contributed by atoms with Crippen molar-refractivity contribution in [2.45, 2.75) is 146 Å². The van der Waals surface area contributed by atoms with Crippen LogP contribution in [0.25, 0.3) is 0 Å². The van der Waals surface area contributed by atoms with Crippen LogP contribution in [0.2, 0.25) is 0 Å². The standard InChI is InChI=1S/C64H69NO23/c1-36(67)76-35-50-54(79-37(2)68)57(80-38(3)69)59(82-40(5)71)64(86-50)88-56-52(77-32-42-20-12-8-13-21-42)48(30-66)84-63(58(56)81-39(4)70)87-53-49(34-75-31-41-18-10-7-11-19-41)85-62(83-45-28-26-44(74-6)27-29-45)51(55(53)78-33-43-22-14-9-15-23-43)65-60(72)46-24-16-17-25-47(46)61(65)73/h7-29,48-59,62-64,66H,30-35H2,1-6H3. The molecule has 0 spiro atoms. The Morgan fingerprint density at radius 2 is 0.875 bits per heavy atom. The largest absolute Gasteiger partial charge is 0.497 e. The van der Waals surface area contributed by atoms with Crippen LogP contribution in [-0.2, 0) is 105 Å². The molecule has 0 aromatic heterocycles. The number of ether oxygens (including phenoxy) is 15. The van der Waals surface area contributed by atoms with Crippen LogP contribution >= 0.6 is 0 Å². The number of aliphatic hydroxyl groups excluding tert-OH is 1. The van der Waals surface area contributed by atoms with Crippen molar-refractivity contribution in [1.29, 1.82) is 0 Å². The average Bonchev–Trinajstić information content (AvgIpc) is 1.52. The van der Waals surface area contributed by atoms with Gasteiger partial charge in [0.15, 0.2) is 37.0 Å². The van der Waals surface area contributed by atoms with Crippen LogP contribution in [0.3, 0.4) is 0 Å². The molecule has 1 N–H and O–H groups in total. The number of hydrogen-bond donors (Lipinski definition) is 1. The predicted molar refractivity (Wildman–Crippen MR) is 302 cm³/mol. The van der Waals surface area contributed by atoms with Crippen molar-refractivity contribution in [2.75, 3.05) is 26.9 Å². The van der Waals surface area contributed by atoms with E-state index in [2.05, 4.69) is 0 Å². The Morgan fingerprint density at radius 3 is 1.39 bits per heavy atom. The second-order valence-corrected chi connectivity index (χ2v) is 20.9. The van der Waals surface area contributed by atoms with Gasteiger partial charge in [0, 0.05) is 34.6 Å². The highest BCUT2D eigenvalue weighted by Gasteiger charge is 2.61. The van der Waals surface area contributed by atoms with E-state index in [1.165, 1.54) is 19.2 Å². The number of imide groups is 1. The number of esters is 5. The summed E-state index contributed by atoms with van der Waals surface area (Å²) in [7, 11) is 1.50. The minimum atomic E-state index is -1.92. The van der Waals surface area contributed by atoms with Crippen molar-refractivity contribution < 1.29 is 110 Å². The molecule has 9 rings (SSSR count). The first-order valence-corrected chi connectivity index (χ1v) is 28.4. The lowest BCUT2D eigenvalue weighted by molar-refractivity contribution is -0.381. The molecule has 4 aliphatic rings. The molecule has 0 saturated carbocycles. The summed E-state index contributed by atoms with van der Waals surface area (Å²) in [6.07, 6.45) is -22.8. The van der Waals surface area contributed by atoms with Gasteiger partial charge in [0.2, 0.25) is 6.29 Å². The highest BCUT2D eigenvalue weighted by molar-refractivity contribution is 6.21. The van der Waals surface area contributed by atoms with Gasteiger partial charge in [-0.3, -0.25) is 38.5 Å². The summed E-state index contributed by atoms with van der Waals surface area (Å²) >= 11 is 0. The molecule has 4 heterocycles. The lowest BCUT2D eigenvalue weighted by Gasteiger charge is -2.51. The quantitative estimate of drug-likeness (QED) is 0.0437. The predicted octanol–water partition coefficient (Wildman–Crippen LogP) is 5.35. The summed E-state index contributed by atoms with van der Waals surface area (Å²) in [5.74, 6) is -5.17. The lowest BCUT2D eigenvalue weighted by Crippen LogP contribution is -2.70. The van der Waals surface area contributed by atoms with E-state index in [1.807, 2.05) is 36.4 Å². The van der Waals surface area contributed by atoms with E-state index in [-0.39, 0.29) is 43.3 Å². The molecule has 2 amide bonds. The third kappa shape index (κ3) is 15.9. The second-order valence-electron chi connectivity index (χ2n) is 20.9. The molecule has 4 aliphatic heterocycles. The van der Waals surface area contributed by atoms with Gasteiger partial charge in [-0.05, 0) is 53.1 Å². The molecule has 3 fully saturated rings. The zero-order valence-electron chi connectivity index (χ0n) is 49.1. The maximum absolute atomic E-state index is 14.9. The van der Waals surface area contributed by atoms with Crippen molar-refractivity contribution in [3.63, 3.8) is 0 Å². The van der Waals surface area contributed by atoms with Gasteiger partial charge >= 0.3 is 29.8 Å². The lowest BCUT2D eigenvalue weighted by atomic mass is 9.93. The smallest absolute Gasteiger partial charge is 0.303 e. The first-order valence-electron chi connectivity index (χ1n) is 28.4. The van der Waals surface area contributed by atoms with Crippen LogP contribution in [0.1, 0.15) is 72.0 Å². The molecule has 24 nitrogen and oxygen atoms in total. The van der Waals surface area contributed by atoms with Crippen molar-refractivity contribution in [2.24, 2.45) is 0 Å². The third-order valence-electron chi connectivity index (χ3n) is 14.6. The Kier molecular flexibility index (Phi) is 22.0. The van der Waals surface area contributed by atoms with E-state index in [1.54, 1.807) is 91.0 Å². The molecule has 5 aromatic carbocycles. The second kappa shape index (κ2) is 30.2. The minimum absolute atomic E-state index is 0.0454. The maximum Gasteiger partial charge on any atom is 0.303 e. The van der Waals surface area contributed by atoms with Crippen LogP contribution in [-0.4, -0.2) is 171 Å². The minimum Gasteiger partial charge on any atom is -0.497 e. The van der Waals surface area contributed by atoms with Gasteiger partial charge in [-0.2, -0.15) is 0 Å². The Balaban J connectivity index is 1.19. The Morgan fingerprint density at radius 1 is 0.443 bits per heavy atom. The third-order valence-corrected chi connectivity index (χ3v) is 14.6. The summed E-state index contributed by atoms with van der Waals surface area (Å²) in [5, 5.41) is 11.5. The molecule has 88 heavy (non-hydrogen) atoms. The van der Waals surface area contributed by atoms with E-state index in [9.17, 15) is 38.7 Å². The van der Waals surface area contributed by atoms with E-state index in [0.29, 0.717) is 16.9 Å². The van der Waals surface area contributed by atoms with Gasteiger partial charge in [0.25, 0.3) is 11.8 Å². The number of aliphatic hydroxyl groups is 1. The highest BCUT2D eigenvalue weighted by Crippen LogP contribution is 2.41. The Bertz CT molecular complexity index is 3140. The van der Waals surface area contributed by atoms with Crippen LogP contribution < -0.4 is 9.47 Å². The topological polar surface area (TPSA) is 281 Å². The summed E-state index contributed by atoms with van der Waals surface area (Å²) in [5.41, 5.74) is 2.24. The molecule has 15 unspecified atom stereocenters. The van der Waals surface area contributed by atoms with E-state index in [4.69, 9.17) is 71.1 Å². The average molecular weight is 1220 g/mol. The fraction of sp³-hybridized carbons (Fsp3) is 0.422. The molecule has 0 bridgehead atoms. The highest BCUT2D eigenvalue weighted by atomic mass is 16.8. The fourth-order valence-electron chi connectivity index (χ4n) is 10.8. The maximum atomic E-state index is 14.9. The van der Waals surface area contributed by atoms with Crippen LogP contribution in [0, 0.1) is 0 Å².